The molecule has 22 heteroatoms. The fourth-order valence-electron chi connectivity index (χ4n) is 6.43. The number of hydrogen-bond donors (Lipinski definition) is 3. The molecule has 8 rings (SSSR count). The van der Waals surface area contributed by atoms with E-state index in [-0.39, 0.29) is 17.0 Å². The number of aryl methyl sites for hydroxylation is 1. The van der Waals surface area contributed by atoms with Gasteiger partial charge in [0.1, 0.15) is 41.9 Å². The number of ether oxygens (including phenoxy) is 2. The highest BCUT2D eigenvalue weighted by Gasteiger charge is 2.53. The second-order valence-electron chi connectivity index (χ2n) is 11.5. The number of nitrogens with zero attached hydrogens (tertiary/aromatic N) is 6. The van der Waals surface area contributed by atoms with Crippen LogP contribution in [0.25, 0.3) is 22.2 Å². The van der Waals surface area contributed by atoms with E-state index in [2.05, 4.69) is 25.3 Å². The summed E-state index contributed by atoms with van der Waals surface area (Å²) in [5.74, 6) is 0.0625. The fraction of sp³-hybridized carbons (Fsp3) is 0.520. The molecule has 4 aromatic heterocycles. The number of nitrogens with two attached hydrogens (primary N) is 1. The van der Waals surface area contributed by atoms with E-state index in [4.69, 9.17) is 52.7 Å². The highest BCUT2D eigenvalue weighted by atomic mass is 32.5. The average Bonchev–Trinajstić information content (AvgIpc) is 3.73. The van der Waals surface area contributed by atoms with Crippen molar-refractivity contribution >= 4 is 67.3 Å². The third-order valence-corrected chi connectivity index (χ3v) is 11.1. The van der Waals surface area contributed by atoms with Crippen LogP contribution in [-0.4, -0.2) is 98.0 Å². The molecular weight excluding hydrogens is 683 g/mol. The summed E-state index contributed by atoms with van der Waals surface area (Å²) in [4.78, 5) is 27.6. The molecule has 3 fully saturated rings. The number of halogens is 2. The monoisotopic (exact) mass is 710 g/mol. The highest BCUT2D eigenvalue weighted by Crippen LogP contribution is 2.54. The summed E-state index contributed by atoms with van der Waals surface area (Å²) in [5.41, 5.74) is 8.49. The largest absolute Gasteiger partial charge is 0.384 e. The molecule has 4 aliphatic heterocycles. The van der Waals surface area contributed by atoms with E-state index in [1.54, 1.807) is 17.0 Å². The van der Waals surface area contributed by atoms with E-state index >= 15 is 8.78 Å². The van der Waals surface area contributed by atoms with Gasteiger partial charge in [0.2, 0.25) is 7.57 Å². The first kappa shape index (κ1) is 31.6. The van der Waals surface area contributed by atoms with Crippen molar-refractivity contribution in [3.05, 3.63) is 36.7 Å². The lowest BCUT2D eigenvalue weighted by Gasteiger charge is -2.29. The highest BCUT2D eigenvalue weighted by molar-refractivity contribution is 8.07. The molecule has 4 N–H and O–H groups in total. The molecule has 0 bridgehead atoms. The van der Waals surface area contributed by atoms with Crippen molar-refractivity contribution in [2.75, 3.05) is 30.8 Å². The minimum absolute atomic E-state index is 0.0625. The number of hydrogen-bond acceptors (Lipinski definition) is 14. The van der Waals surface area contributed by atoms with Crippen molar-refractivity contribution in [1.82, 2.24) is 29.1 Å². The van der Waals surface area contributed by atoms with Crippen LogP contribution in [-0.2, 0) is 50.4 Å². The predicted molar refractivity (Wildman–Crippen MR) is 165 cm³/mol. The molecule has 16 nitrogen and oxygen atoms in total. The van der Waals surface area contributed by atoms with Crippen LogP contribution in [0.1, 0.15) is 24.4 Å². The molecule has 4 unspecified atom stereocenters. The number of anilines is 2. The van der Waals surface area contributed by atoms with E-state index in [0.29, 0.717) is 5.65 Å². The molecule has 0 saturated carbocycles. The normalized spacial score (nSPS) is 37.9. The van der Waals surface area contributed by atoms with Crippen LogP contribution in [0.4, 0.5) is 20.3 Å². The zero-order valence-electron chi connectivity index (χ0n) is 24.2. The van der Waals surface area contributed by atoms with Crippen molar-refractivity contribution in [3.8, 4) is 0 Å². The molecule has 47 heavy (non-hydrogen) atoms. The Morgan fingerprint density at radius 1 is 1.02 bits per heavy atom. The summed E-state index contributed by atoms with van der Waals surface area (Å²) in [5, 5.41) is 4.19. The molecule has 4 aromatic rings. The van der Waals surface area contributed by atoms with Gasteiger partial charge in [-0.2, -0.15) is 0 Å². The molecule has 0 spiro atoms. The number of nitrogen functional groups attached to an aromatic ring is 1. The topological polar surface area (TPSA) is 192 Å². The maximum absolute atomic E-state index is 16.3. The molecule has 0 aliphatic carbocycles. The van der Waals surface area contributed by atoms with Gasteiger partial charge < -0.3 is 43.6 Å². The van der Waals surface area contributed by atoms with E-state index in [1.165, 1.54) is 17.2 Å². The number of rotatable bonds is 2. The molecule has 3 saturated heterocycles. The fourth-order valence-corrected chi connectivity index (χ4v) is 8.87. The lowest BCUT2D eigenvalue weighted by atomic mass is 10.1. The Balaban J connectivity index is 1.08. The molecule has 8 heterocycles. The van der Waals surface area contributed by atoms with Crippen molar-refractivity contribution in [3.63, 3.8) is 0 Å². The molecule has 2 radical (unpaired) electrons. The third kappa shape index (κ3) is 5.58. The van der Waals surface area contributed by atoms with Gasteiger partial charge in [0.15, 0.2) is 36.3 Å². The zero-order valence-corrected chi connectivity index (χ0v) is 26.8. The molecule has 0 amide bonds. The summed E-state index contributed by atoms with van der Waals surface area (Å²) >= 11 is 5.22. The summed E-state index contributed by atoms with van der Waals surface area (Å²) in [6, 6.07) is 1.84. The summed E-state index contributed by atoms with van der Waals surface area (Å²) in [6.07, 6.45) is -5.14. The van der Waals surface area contributed by atoms with Crippen LogP contribution >= 0.6 is 14.2 Å². The third-order valence-electron chi connectivity index (χ3n) is 8.54. The molecule has 0 aromatic carbocycles. The van der Waals surface area contributed by atoms with Crippen LogP contribution in [0, 0.1) is 0 Å². The number of imidazole rings is 1. The van der Waals surface area contributed by atoms with Gasteiger partial charge in [-0.25, -0.2) is 28.7 Å². The van der Waals surface area contributed by atoms with Crippen LogP contribution in [0.3, 0.4) is 0 Å². The summed E-state index contributed by atoms with van der Waals surface area (Å²) in [6.45, 7) is -4.70. The van der Waals surface area contributed by atoms with Crippen LogP contribution in [0.15, 0.2) is 31.1 Å². The Hall–Kier alpha value is -2.64. The minimum Gasteiger partial charge on any atom is -0.384 e. The maximum Gasteiger partial charge on any atom is 0.325 e. The van der Waals surface area contributed by atoms with Crippen molar-refractivity contribution in [2.24, 2.45) is 0 Å². The number of fused-ring (bicyclic) bond motifs is 3. The Bertz CT molecular complexity index is 1960. The first-order chi connectivity index (χ1) is 22.5. The first-order valence-corrected chi connectivity index (χ1v) is 18.8. The van der Waals surface area contributed by atoms with Gasteiger partial charge in [0, 0.05) is 30.0 Å². The molecule has 4 aliphatic rings. The average molecular weight is 710 g/mol. The second-order valence-corrected chi connectivity index (χ2v) is 15.8. The smallest absolute Gasteiger partial charge is 0.325 e. The van der Waals surface area contributed by atoms with Gasteiger partial charge in [-0.05, 0) is 36.3 Å². The van der Waals surface area contributed by atoms with Crippen LogP contribution in [0.5, 0.6) is 0 Å². The first-order valence-electron chi connectivity index (χ1n) is 14.6. The number of pyridine rings is 1. The van der Waals surface area contributed by atoms with Crippen molar-refractivity contribution in [2.45, 2.75) is 62.1 Å². The molecule has 10 atom stereocenters. The Kier molecular flexibility index (Phi) is 7.91. The standard InChI is InChI=1S/C25H27BF2N8O8P2S/c26-45(37)39-7-13-20(17(28)25(42-13)36-10-34-18-21(29)32-9-33-23(18)36)44-46(38,47)40-8-14-19(43-45)16(27)24(41-14)35-6-11-2-1-4-30-12-3-5-31-22(35)15(11)12/h3,5-6,9-10,13-14,16-17,19-20,24-25,30H,1-2,4,7-8H2,(H,38,47)(H2,29,32,33)/t13-,14-,16+,17?,19?,20+,24-,25-,45?,46?/m1/s1. The quantitative estimate of drug-likeness (QED) is 0.203. The summed E-state index contributed by atoms with van der Waals surface area (Å²) in [7, 11) is 1.39. The van der Waals surface area contributed by atoms with Gasteiger partial charge in [0.25, 0.3) is 7.47 Å². The second kappa shape index (κ2) is 11.8. The predicted octanol–water partition coefficient (Wildman–Crippen LogP) is 2.60. The Labute approximate surface area is 271 Å². The zero-order chi connectivity index (χ0) is 32.7. The van der Waals surface area contributed by atoms with E-state index in [1.807, 2.05) is 6.07 Å². The van der Waals surface area contributed by atoms with Gasteiger partial charge in [-0.1, -0.05) is 0 Å². The number of aromatic nitrogens is 6. The van der Waals surface area contributed by atoms with Crippen molar-refractivity contribution in [1.29, 1.82) is 0 Å². The van der Waals surface area contributed by atoms with E-state index < -0.39 is 76.6 Å². The SMILES string of the molecule is [B]P1(=O)OC[C@H]2O[C@@H](n3cnc4c(N)ncnc43)C(F)[C@H]2OP(O)(=S)OC[C@H]2O[C@@H](n3cc4c5c(ccnc53)NCCC4)[C@@H](F)C2O1. The number of nitrogens with one attached hydrogen (secondary N) is 1. The van der Waals surface area contributed by atoms with Gasteiger partial charge in [-0.15, -0.1) is 0 Å². The molecule has 248 valence electrons. The van der Waals surface area contributed by atoms with Crippen molar-refractivity contribution < 1.29 is 45.8 Å². The lowest BCUT2D eigenvalue weighted by Crippen LogP contribution is -2.37. The number of alkyl halides is 2. The van der Waals surface area contributed by atoms with E-state index in [9.17, 15) is 9.46 Å². The Morgan fingerprint density at radius 3 is 2.53 bits per heavy atom. The Morgan fingerprint density at radius 2 is 1.74 bits per heavy atom. The molecular formula is C25H27BF2N8O8P2S. The van der Waals surface area contributed by atoms with Gasteiger partial charge in [0.05, 0.1) is 19.5 Å². The maximum atomic E-state index is 16.3. The van der Waals surface area contributed by atoms with Crippen LogP contribution < -0.4 is 11.1 Å². The van der Waals surface area contributed by atoms with E-state index in [0.717, 1.165) is 36.0 Å². The summed E-state index contributed by atoms with van der Waals surface area (Å²) < 4.78 is 82.7. The van der Waals surface area contributed by atoms with Gasteiger partial charge >= 0.3 is 6.72 Å². The lowest BCUT2D eigenvalue weighted by molar-refractivity contribution is -0.0565. The minimum atomic E-state index is -4.55. The van der Waals surface area contributed by atoms with Gasteiger partial charge in [-0.3, -0.25) is 13.7 Å². The van der Waals surface area contributed by atoms with Crippen LogP contribution in [0.2, 0.25) is 0 Å².